The Morgan fingerprint density at radius 1 is 1.08 bits per heavy atom. The monoisotopic (exact) mass is 332 g/mol. The number of rotatable bonds is 6. The fourth-order valence-electron chi connectivity index (χ4n) is 2.39. The molecule has 0 unspecified atom stereocenters. The quantitative estimate of drug-likeness (QED) is 0.551. The number of hydrogen-bond donors (Lipinski definition) is 1. The van der Waals surface area contributed by atoms with Crippen molar-refractivity contribution in [3.8, 4) is 11.3 Å². The molecule has 1 aromatic carbocycles. The minimum Gasteiger partial charge on any atom is -0.265 e. The standard InChI is InChI=1S/C19H20N6/c1-14(2)11-15-3-5-17(6-4-15)18-13-22-25-19(23-18)24-21-12-16-7-9-20-10-8-16/h3-10,12-14H,11H2,1-2H3,(H,23,24,25)/b21-12+. The summed E-state index contributed by atoms with van der Waals surface area (Å²) in [5.74, 6) is 0.995. The van der Waals surface area contributed by atoms with Crippen LogP contribution in [0.25, 0.3) is 11.3 Å². The molecule has 25 heavy (non-hydrogen) atoms. The van der Waals surface area contributed by atoms with Crippen LogP contribution in [-0.4, -0.2) is 26.4 Å². The Balaban J connectivity index is 1.70. The third-order valence-electron chi connectivity index (χ3n) is 3.54. The van der Waals surface area contributed by atoms with E-state index in [4.69, 9.17) is 0 Å². The molecule has 0 aliphatic heterocycles. The van der Waals surface area contributed by atoms with E-state index in [1.165, 1.54) is 5.56 Å². The van der Waals surface area contributed by atoms with Crippen LogP contribution < -0.4 is 5.43 Å². The molecule has 6 nitrogen and oxygen atoms in total. The van der Waals surface area contributed by atoms with Crippen molar-refractivity contribution in [2.45, 2.75) is 20.3 Å². The molecule has 6 heteroatoms. The SMILES string of the molecule is CC(C)Cc1ccc(-c2cnnc(N/N=C/c3ccncc3)n2)cc1. The van der Waals surface area contributed by atoms with Crippen molar-refractivity contribution in [3.05, 3.63) is 66.1 Å². The Kier molecular flexibility index (Phi) is 5.41. The zero-order chi connectivity index (χ0) is 17.5. The van der Waals surface area contributed by atoms with Gasteiger partial charge in [0.25, 0.3) is 5.95 Å². The first-order valence-electron chi connectivity index (χ1n) is 8.19. The normalized spacial score (nSPS) is 11.2. The van der Waals surface area contributed by atoms with Crippen LogP contribution in [0.2, 0.25) is 0 Å². The number of nitrogens with zero attached hydrogens (tertiary/aromatic N) is 5. The summed E-state index contributed by atoms with van der Waals surface area (Å²) in [6, 6.07) is 12.1. The van der Waals surface area contributed by atoms with E-state index in [1.807, 2.05) is 12.1 Å². The number of anilines is 1. The van der Waals surface area contributed by atoms with Gasteiger partial charge >= 0.3 is 0 Å². The van der Waals surface area contributed by atoms with Gasteiger partial charge < -0.3 is 0 Å². The lowest BCUT2D eigenvalue weighted by atomic mass is 10.0. The molecule has 0 fully saturated rings. The van der Waals surface area contributed by atoms with Crippen molar-refractivity contribution in [1.29, 1.82) is 0 Å². The summed E-state index contributed by atoms with van der Waals surface area (Å²) in [4.78, 5) is 8.42. The van der Waals surface area contributed by atoms with Crippen molar-refractivity contribution < 1.29 is 0 Å². The van der Waals surface area contributed by atoms with Crippen LogP contribution in [0.3, 0.4) is 0 Å². The van der Waals surface area contributed by atoms with Crippen LogP contribution >= 0.6 is 0 Å². The second kappa shape index (κ2) is 8.10. The van der Waals surface area contributed by atoms with Gasteiger partial charge in [-0.15, -0.1) is 5.10 Å². The number of hydrogen-bond acceptors (Lipinski definition) is 6. The molecular weight excluding hydrogens is 312 g/mol. The molecule has 126 valence electrons. The van der Waals surface area contributed by atoms with Crippen molar-refractivity contribution in [3.63, 3.8) is 0 Å². The van der Waals surface area contributed by atoms with Crippen molar-refractivity contribution in [2.24, 2.45) is 11.0 Å². The minimum atomic E-state index is 0.356. The van der Waals surface area contributed by atoms with E-state index >= 15 is 0 Å². The molecule has 3 rings (SSSR count). The molecule has 0 saturated carbocycles. The molecular formula is C19H20N6. The van der Waals surface area contributed by atoms with E-state index in [0.29, 0.717) is 11.9 Å². The van der Waals surface area contributed by atoms with Crippen LogP contribution in [0.4, 0.5) is 5.95 Å². The molecule has 2 aromatic heterocycles. The Morgan fingerprint density at radius 2 is 1.84 bits per heavy atom. The molecule has 0 aliphatic rings. The van der Waals surface area contributed by atoms with E-state index < -0.39 is 0 Å². The van der Waals surface area contributed by atoms with Gasteiger partial charge in [0.2, 0.25) is 0 Å². The van der Waals surface area contributed by atoms with E-state index in [2.05, 4.69) is 68.8 Å². The van der Waals surface area contributed by atoms with Crippen LogP contribution in [0.5, 0.6) is 0 Å². The highest BCUT2D eigenvalue weighted by Gasteiger charge is 2.04. The van der Waals surface area contributed by atoms with Gasteiger partial charge in [-0.2, -0.15) is 10.2 Å². The molecule has 0 spiro atoms. The summed E-state index contributed by atoms with van der Waals surface area (Å²) in [5, 5.41) is 12.1. The van der Waals surface area contributed by atoms with Crippen LogP contribution in [0.15, 0.2) is 60.1 Å². The maximum atomic E-state index is 4.45. The fraction of sp³-hybridized carbons (Fsp3) is 0.211. The van der Waals surface area contributed by atoms with Gasteiger partial charge in [0.05, 0.1) is 18.1 Å². The molecule has 3 aromatic rings. The summed E-state index contributed by atoms with van der Waals surface area (Å²) in [6.07, 6.45) is 7.82. The lowest BCUT2D eigenvalue weighted by Crippen LogP contribution is -2.00. The molecule has 0 bridgehead atoms. The maximum Gasteiger partial charge on any atom is 0.263 e. The predicted molar refractivity (Wildman–Crippen MR) is 99.3 cm³/mol. The first-order chi connectivity index (χ1) is 12.2. The number of benzene rings is 1. The van der Waals surface area contributed by atoms with E-state index in [-0.39, 0.29) is 0 Å². The number of nitrogens with one attached hydrogen (secondary N) is 1. The Bertz CT molecular complexity index is 828. The fourth-order valence-corrected chi connectivity index (χ4v) is 2.39. The summed E-state index contributed by atoms with van der Waals surface area (Å²) in [7, 11) is 0. The average Bonchev–Trinajstić information content (AvgIpc) is 2.63. The third-order valence-corrected chi connectivity index (χ3v) is 3.54. The lowest BCUT2D eigenvalue weighted by Gasteiger charge is -2.06. The van der Waals surface area contributed by atoms with Gasteiger partial charge in [-0.05, 0) is 35.6 Å². The lowest BCUT2D eigenvalue weighted by molar-refractivity contribution is 0.647. The molecule has 1 N–H and O–H groups in total. The van der Waals surface area contributed by atoms with Gasteiger partial charge in [0, 0.05) is 18.0 Å². The van der Waals surface area contributed by atoms with Gasteiger partial charge in [0.15, 0.2) is 0 Å². The Hall–Kier alpha value is -3.15. The first kappa shape index (κ1) is 16.7. The topological polar surface area (TPSA) is 76.0 Å². The molecule has 0 aliphatic carbocycles. The summed E-state index contributed by atoms with van der Waals surface area (Å²) >= 11 is 0. The van der Waals surface area contributed by atoms with Gasteiger partial charge in [-0.3, -0.25) is 4.98 Å². The van der Waals surface area contributed by atoms with Crippen LogP contribution in [0, 0.1) is 5.92 Å². The number of pyridine rings is 1. The summed E-state index contributed by atoms with van der Waals surface area (Å²) in [6.45, 7) is 4.43. The second-order valence-corrected chi connectivity index (χ2v) is 6.11. The van der Waals surface area contributed by atoms with E-state index in [1.54, 1.807) is 24.8 Å². The van der Waals surface area contributed by atoms with E-state index in [0.717, 1.165) is 23.2 Å². The highest BCUT2D eigenvalue weighted by Crippen LogP contribution is 2.18. The summed E-state index contributed by atoms with van der Waals surface area (Å²) in [5.41, 5.74) is 6.82. The van der Waals surface area contributed by atoms with Gasteiger partial charge in [0.1, 0.15) is 0 Å². The van der Waals surface area contributed by atoms with Gasteiger partial charge in [-0.1, -0.05) is 38.1 Å². The largest absolute Gasteiger partial charge is 0.265 e. The first-order valence-corrected chi connectivity index (χ1v) is 8.19. The molecule has 0 radical (unpaired) electrons. The number of hydrazone groups is 1. The maximum absolute atomic E-state index is 4.45. The highest BCUT2D eigenvalue weighted by atomic mass is 15.4. The van der Waals surface area contributed by atoms with Gasteiger partial charge in [-0.25, -0.2) is 10.4 Å². The second-order valence-electron chi connectivity index (χ2n) is 6.11. The smallest absolute Gasteiger partial charge is 0.263 e. The molecule has 0 amide bonds. The minimum absolute atomic E-state index is 0.356. The van der Waals surface area contributed by atoms with Crippen molar-refractivity contribution in [1.82, 2.24) is 20.2 Å². The molecule has 0 saturated heterocycles. The zero-order valence-electron chi connectivity index (χ0n) is 14.3. The van der Waals surface area contributed by atoms with Crippen molar-refractivity contribution in [2.75, 3.05) is 5.43 Å². The Labute approximate surface area is 147 Å². The van der Waals surface area contributed by atoms with E-state index in [9.17, 15) is 0 Å². The molecule has 2 heterocycles. The number of aromatic nitrogens is 4. The zero-order valence-corrected chi connectivity index (χ0v) is 14.3. The molecule has 0 atom stereocenters. The van der Waals surface area contributed by atoms with Crippen molar-refractivity contribution >= 4 is 12.2 Å². The average molecular weight is 332 g/mol. The Morgan fingerprint density at radius 3 is 2.56 bits per heavy atom. The van der Waals surface area contributed by atoms with Crippen LogP contribution in [0.1, 0.15) is 25.0 Å². The third kappa shape index (κ3) is 4.91. The summed E-state index contributed by atoms with van der Waals surface area (Å²) < 4.78 is 0. The van der Waals surface area contributed by atoms with Crippen LogP contribution in [-0.2, 0) is 6.42 Å². The predicted octanol–water partition coefficient (Wildman–Crippen LogP) is 3.58. The highest BCUT2D eigenvalue weighted by molar-refractivity contribution is 5.79.